The van der Waals surface area contributed by atoms with Crippen LogP contribution in [-0.2, 0) is 0 Å². The lowest BCUT2D eigenvalue weighted by Crippen LogP contribution is -2.02. The van der Waals surface area contributed by atoms with E-state index in [0.29, 0.717) is 46.2 Å². The SMILES string of the molecule is [C-]#[N+]c1ccc(-n2c3ccccc3c3cc(-c4nc(C)nc(C)n4)ccc32)c(-c2ccc(-c3ccc(C#N)cc3C)cc2-n2c3ccccc3c3cc(-c4nc(C)nc(C)n4)ccc32)c1. The summed E-state index contributed by atoms with van der Waals surface area (Å²) in [5.74, 6) is 3.95. The van der Waals surface area contributed by atoms with Crippen LogP contribution in [0.15, 0.2) is 140 Å². The van der Waals surface area contributed by atoms with Gasteiger partial charge in [0.15, 0.2) is 17.3 Å². The molecule has 0 saturated carbocycles. The molecule has 0 N–H and O–H groups in total. The molecule has 308 valence electrons. The summed E-state index contributed by atoms with van der Waals surface area (Å²) < 4.78 is 4.64. The average Bonchev–Trinajstić information content (AvgIpc) is 3.82. The fraction of sp³-hybridized carbons (Fsp3) is 0.0909. The maximum atomic E-state index is 9.75. The van der Waals surface area contributed by atoms with Crippen molar-refractivity contribution in [2.75, 3.05) is 0 Å². The minimum atomic E-state index is 0.528. The molecule has 65 heavy (non-hydrogen) atoms. The van der Waals surface area contributed by atoms with Gasteiger partial charge in [-0.05, 0) is 136 Å². The standard InChI is InChI=1S/C55H38N10/c1-31-25-36(30-56)15-20-41(31)37-16-21-44(53(28-37)65-49-14-10-8-12-43(49)46-27-39(18-23-51(46)65)55-62-34(4)59-35(5)63-55)47-29-40(57-6)19-24-52(47)64-48-13-9-7-11-42(48)45-26-38(17-22-50(45)64)54-60-32(2)58-33(3)61-54/h7-29H,1-5H3. The Balaban J connectivity index is 1.21. The number of aromatic nitrogens is 8. The first-order valence-corrected chi connectivity index (χ1v) is 21.3. The van der Waals surface area contributed by atoms with E-state index in [0.717, 1.165) is 93.9 Å². The molecule has 7 aromatic carbocycles. The van der Waals surface area contributed by atoms with E-state index in [1.807, 2.05) is 65.0 Å². The van der Waals surface area contributed by atoms with Gasteiger partial charge in [0.2, 0.25) is 0 Å². The summed E-state index contributed by atoms with van der Waals surface area (Å²) in [6, 6.07) is 50.4. The molecule has 0 spiro atoms. The first-order chi connectivity index (χ1) is 31.6. The third kappa shape index (κ3) is 6.55. The van der Waals surface area contributed by atoms with Crippen LogP contribution in [0.1, 0.15) is 34.4 Å². The van der Waals surface area contributed by atoms with Crippen molar-refractivity contribution in [2.24, 2.45) is 0 Å². The molecule has 0 unspecified atom stereocenters. The summed E-state index contributed by atoms with van der Waals surface area (Å²) in [6.07, 6.45) is 0. The minimum absolute atomic E-state index is 0.528. The van der Waals surface area contributed by atoms with Gasteiger partial charge in [0, 0.05) is 38.2 Å². The van der Waals surface area contributed by atoms with Crippen molar-refractivity contribution in [1.29, 1.82) is 5.26 Å². The predicted molar refractivity (Wildman–Crippen MR) is 258 cm³/mol. The van der Waals surface area contributed by atoms with E-state index in [2.05, 4.69) is 139 Å². The maximum Gasteiger partial charge on any atom is 0.188 e. The highest BCUT2D eigenvalue weighted by Crippen LogP contribution is 2.44. The second-order valence-electron chi connectivity index (χ2n) is 16.4. The fourth-order valence-corrected chi connectivity index (χ4v) is 9.41. The minimum Gasteiger partial charge on any atom is -0.309 e. The van der Waals surface area contributed by atoms with Crippen molar-refractivity contribution in [1.82, 2.24) is 39.0 Å². The van der Waals surface area contributed by atoms with Crippen molar-refractivity contribution >= 4 is 49.3 Å². The van der Waals surface area contributed by atoms with E-state index in [-0.39, 0.29) is 0 Å². The van der Waals surface area contributed by atoms with Crippen LogP contribution in [0.2, 0.25) is 0 Å². The monoisotopic (exact) mass is 838 g/mol. The van der Waals surface area contributed by atoms with Gasteiger partial charge in [-0.2, -0.15) is 5.26 Å². The smallest absolute Gasteiger partial charge is 0.188 e. The molecule has 0 radical (unpaired) electrons. The average molecular weight is 839 g/mol. The summed E-state index contributed by atoms with van der Waals surface area (Å²) in [5, 5.41) is 14.0. The second-order valence-corrected chi connectivity index (χ2v) is 16.4. The second kappa shape index (κ2) is 15.2. The Labute approximate surface area is 374 Å². The van der Waals surface area contributed by atoms with Crippen LogP contribution >= 0.6 is 0 Å². The molecule has 0 aliphatic heterocycles. The van der Waals surface area contributed by atoms with Gasteiger partial charge in [0.05, 0.1) is 51.6 Å². The number of nitriles is 1. The predicted octanol–water partition coefficient (Wildman–Crippen LogP) is 12.9. The van der Waals surface area contributed by atoms with Crippen molar-refractivity contribution in [2.45, 2.75) is 34.6 Å². The van der Waals surface area contributed by atoms with Crippen LogP contribution in [0, 0.1) is 52.5 Å². The lowest BCUT2D eigenvalue weighted by Gasteiger charge is -2.20. The Kier molecular flexibility index (Phi) is 9.12. The molecule has 0 amide bonds. The largest absolute Gasteiger partial charge is 0.309 e. The van der Waals surface area contributed by atoms with Crippen molar-refractivity contribution in [3.8, 4) is 62.5 Å². The zero-order valence-corrected chi connectivity index (χ0v) is 36.3. The van der Waals surface area contributed by atoms with E-state index in [9.17, 15) is 5.26 Å². The fourth-order valence-electron chi connectivity index (χ4n) is 9.41. The van der Waals surface area contributed by atoms with Crippen LogP contribution < -0.4 is 0 Å². The number of fused-ring (bicyclic) bond motifs is 6. The zero-order chi connectivity index (χ0) is 44.5. The Morgan fingerprint density at radius 1 is 0.446 bits per heavy atom. The van der Waals surface area contributed by atoms with Gasteiger partial charge in [-0.25, -0.2) is 34.7 Å². The maximum absolute atomic E-state index is 9.75. The van der Waals surface area contributed by atoms with Crippen LogP contribution in [-0.4, -0.2) is 39.0 Å². The third-order valence-electron chi connectivity index (χ3n) is 12.1. The van der Waals surface area contributed by atoms with E-state index in [1.54, 1.807) is 0 Å². The van der Waals surface area contributed by atoms with Crippen LogP contribution in [0.4, 0.5) is 5.69 Å². The van der Waals surface area contributed by atoms with Crippen LogP contribution in [0.5, 0.6) is 0 Å². The molecule has 0 fully saturated rings. The van der Waals surface area contributed by atoms with Gasteiger partial charge >= 0.3 is 0 Å². The van der Waals surface area contributed by atoms with Crippen LogP contribution in [0.3, 0.4) is 0 Å². The number of nitrogens with zero attached hydrogens (tertiary/aromatic N) is 10. The van der Waals surface area contributed by atoms with Crippen LogP contribution in [0.25, 0.3) is 105 Å². The lowest BCUT2D eigenvalue weighted by molar-refractivity contribution is 0.928. The van der Waals surface area contributed by atoms with Gasteiger partial charge in [-0.3, -0.25) is 0 Å². The number of aryl methyl sites for hydroxylation is 5. The molecule has 0 saturated heterocycles. The highest BCUT2D eigenvalue weighted by Gasteiger charge is 2.23. The van der Waals surface area contributed by atoms with E-state index in [4.69, 9.17) is 26.5 Å². The summed E-state index contributed by atoms with van der Waals surface area (Å²) in [7, 11) is 0. The number of rotatable bonds is 6. The Hall–Kier alpha value is -8.86. The molecule has 0 aliphatic carbocycles. The normalized spacial score (nSPS) is 11.4. The summed E-state index contributed by atoms with van der Waals surface area (Å²) in [6.45, 7) is 17.8. The molecular weight excluding hydrogens is 801 g/mol. The molecule has 11 aromatic rings. The number of benzene rings is 7. The molecule has 10 nitrogen and oxygen atoms in total. The summed E-state index contributed by atoms with van der Waals surface area (Å²) in [4.78, 5) is 31.6. The van der Waals surface area contributed by atoms with Gasteiger partial charge in [0.25, 0.3) is 0 Å². The number of hydrogen-bond acceptors (Lipinski definition) is 7. The first kappa shape index (κ1) is 39.0. The molecule has 0 bridgehead atoms. The topological polar surface area (TPSA) is 115 Å². The van der Waals surface area contributed by atoms with Crippen molar-refractivity contribution in [3.05, 3.63) is 185 Å². The van der Waals surface area contributed by atoms with E-state index < -0.39 is 0 Å². The molecule has 0 aliphatic rings. The lowest BCUT2D eigenvalue weighted by atomic mass is 9.93. The van der Waals surface area contributed by atoms with Crippen molar-refractivity contribution in [3.63, 3.8) is 0 Å². The molecule has 4 heterocycles. The van der Waals surface area contributed by atoms with Gasteiger partial charge in [-0.1, -0.05) is 60.7 Å². The Morgan fingerprint density at radius 2 is 0.954 bits per heavy atom. The van der Waals surface area contributed by atoms with Gasteiger partial charge < -0.3 is 9.13 Å². The Bertz CT molecular complexity index is 3840. The summed E-state index contributed by atoms with van der Waals surface area (Å²) >= 11 is 0. The number of hydrogen-bond donors (Lipinski definition) is 0. The van der Waals surface area contributed by atoms with Crippen molar-refractivity contribution < 1.29 is 0 Å². The highest BCUT2D eigenvalue weighted by molar-refractivity contribution is 6.13. The molecule has 0 atom stereocenters. The van der Waals surface area contributed by atoms with Gasteiger partial charge in [0.1, 0.15) is 23.3 Å². The van der Waals surface area contributed by atoms with E-state index >= 15 is 0 Å². The van der Waals surface area contributed by atoms with Gasteiger partial charge in [-0.15, -0.1) is 0 Å². The first-order valence-electron chi connectivity index (χ1n) is 21.3. The third-order valence-corrected chi connectivity index (χ3v) is 12.1. The number of para-hydroxylation sites is 2. The zero-order valence-electron chi connectivity index (χ0n) is 36.3. The molecule has 4 aromatic heterocycles. The highest BCUT2D eigenvalue weighted by atomic mass is 15.0. The molecule has 10 heteroatoms. The van der Waals surface area contributed by atoms with E-state index in [1.165, 1.54) is 0 Å². The summed E-state index contributed by atoms with van der Waals surface area (Å²) in [5.41, 5.74) is 13.7. The molecule has 11 rings (SSSR count). The quantitative estimate of drug-likeness (QED) is 0.153. The molecular formula is C55H38N10. The Morgan fingerprint density at radius 3 is 1.49 bits per heavy atom.